The lowest BCUT2D eigenvalue weighted by Crippen LogP contribution is -2.16. The van der Waals surface area contributed by atoms with Crippen LogP contribution in [0.5, 0.6) is 0 Å². The lowest BCUT2D eigenvalue weighted by atomic mass is 9.98. The smallest absolute Gasteiger partial charge is 0.0721 e. The normalized spacial score (nSPS) is 17.9. The summed E-state index contributed by atoms with van der Waals surface area (Å²) >= 11 is 5.86. The minimum atomic E-state index is 0.460. The van der Waals surface area contributed by atoms with Crippen LogP contribution >= 0.6 is 11.6 Å². The molecule has 1 nitrogen and oxygen atoms in total. The summed E-state index contributed by atoms with van der Waals surface area (Å²) in [7, 11) is 0. The molecular weight excluding hydrogens is 208 g/mol. The van der Waals surface area contributed by atoms with Crippen molar-refractivity contribution in [1.29, 1.82) is 0 Å². The van der Waals surface area contributed by atoms with Gasteiger partial charge in [0.15, 0.2) is 0 Å². The molecule has 0 amide bonds. The Balaban J connectivity index is 1.81. The third-order valence-corrected chi connectivity index (χ3v) is 3.09. The van der Waals surface area contributed by atoms with Crippen LogP contribution in [-0.2, 0) is 11.3 Å². The van der Waals surface area contributed by atoms with Crippen molar-refractivity contribution in [2.24, 2.45) is 0 Å². The fourth-order valence-corrected chi connectivity index (χ4v) is 2.22. The van der Waals surface area contributed by atoms with Crippen molar-refractivity contribution in [2.75, 3.05) is 0 Å². The molecule has 0 spiro atoms. The van der Waals surface area contributed by atoms with Crippen LogP contribution in [0.1, 0.15) is 37.7 Å². The molecule has 0 heterocycles. The summed E-state index contributed by atoms with van der Waals surface area (Å²) in [4.78, 5) is 0. The zero-order chi connectivity index (χ0) is 10.5. The molecule has 1 fully saturated rings. The Kier molecular flexibility index (Phi) is 4.04. The Bertz CT molecular complexity index is 305. The van der Waals surface area contributed by atoms with Crippen LogP contribution in [-0.4, -0.2) is 6.10 Å². The maximum absolute atomic E-state index is 5.86. The summed E-state index contributed by atoms with van der Waals surface area (Å²) in [5.74, 6) is 0. The van der Waals surface area contributed by atoms with Gasteiger partial charge in [-0.25, -0.2) is 0 Å². The molecule has 2 heteroatoms. The van der Waals surface area contributed by atoms with Crippen LogP contribution in [0.3, 0.4) is 0 Å². The fraction of sp³-hybridized carbons (Fsp3) is 0.538. The Morgan fingerprint density at radius 2 is 2.13 bits per heavy atom. The lowest BCUT2D eigenvalue weighted by molar-refractivity contribution is 0.0169. The maximum Gasteiger partial charge on any atom is 0.0721 e. The first-order chi connectivity index (χ1) is 7.34. The summed E-state index contributed by atoms with van der Waals surface area (Å²) in [5, 5.41) is 0.666. The molecule has 1 aromatic rings. The monoisotopic (exact) mass is 223 g/mol. The second kappa shape index (κ2) is 5.53. The van der Waals surface area contributed by atoms with Gasteiger partial charge in [0, 0.05) is 11.1 Å². The molecule has 0 unspecified atom stereocenters. The molecule has 2 rings (SSSR count). The van der Waals surface area contributed by atoms with Gasteiger partial charge < -0.3 is 4.74 Å². The van der Waals surface area contributed by atoms with Gasteiger partial charge in [-0.2, -0.15) is 0 Å². The number of hydrogen-bond acceptors (Lipinski definition) is 1. The predicted molar refractivity (Wildman–Crippen MR) is 62.0 cm³/mol. The Labute approximate surface area is 96.4 Å². The number of rotatable bonds is 3. The molecule has 1 aromatic carbocycles. The van der Waals surface area contributed by atoms with Crippen molar-refractivity contribution in [3.8, 4) is 0 Å². The molecule has 0 aliphatic heterocycles. The van der Waals surface area contributed by atoms with Crippen molar-refractivity contribution < 1.29 is 4.74 Å². The van der Waals surface area contributed by atoms with E-state index in [1.807, 2.05) is 18.2 Å². The molecule has 0 aromatic heterocycles. The molecule has 0 atom stereocenters. The average molecular weight is 224 g/mol. The van der Waals surface area contributed by atoms with Crippen molar-refractivity contribution in [3.63, 3.8) is 0 Å². The topological polar surface area (TPSA) is 9.23 Å². The zero-order valence-electron chi connectivity index (χ0n) is 8.84. The maximum atomic E-state index is 5.86. The molecule has 1 aliphatic rings. The molecule has 15 heavy (non-hydrogen) atoms. The summed E-state index contributed by atoms with van der Waals surface area (Å²) in [5.41, 5.74) is 1.14. The number of hydrogen-bond donors (Lipinski definition) is 0. The number of halogens is 1. The van der Waals surface area contributed by atoms with E-state index in [2.05, 4.69) is 6.07 Å². The van der Waals surface area contributed by atoms with Gasteiger partial charge in [0.1, 0.15) is 0 Å². The Morgan fingerprint density at radius 1 is 1.33 bits per heavy atom. The van der Waals surface area contributed by atoms with E-state index in [-0.39, 0.29) is 0 Å². The van der Waals surface area contributed by atoms with Crippen LogP contribution in [0, 0.1) is 6.07 Å². The first-order valence-corrected chi connectivity index (χ1v) is 6.00. The van der Waals surface area contributed by atoms with E-state index < -0.39 is 0 Å². The minimum absolute atomic E-state index is 0.460. The minimum Gasteiger partial charge on any atom is -0.374 e. The van der Waals surface area contributed by atoms with Gasteiger partial charge >= 0.3 is 0 Å². The molecule has 1 aliphatic carbocycles. The first kappa shape index (κ1) is 11.0. The number of benzene rings is 1. The SMILES string of the molecule is Clc1[c]ccc(COC2CCCCC2)c1. The average Bonchev–Trinajstić information content (AvgIpc) is 2.28. The highest BCUT2D eigenvalue weighted by Gasteiger charge is 2.13. The first-order valence-electron chi connectivity index (χ1n) is 5.62. The highest BCUT2D eigenvalue weighted by molar-refractivity contribution is 6.30. The Hall–Kier alpha value is -0.530. The lowest BCUT2D eigenvalue weighted by Gasteiger charge is -2.21. The van der Waals surface area contributed by atoms with Gasteiger partial charge in [-0.15, -0.1) is 0 Å². The predicted octanol–water partition coefficient (Wildman–Crippen LogP) is 3.99. The van der Waals surface area contributed by atoms with Gasteiger partial charge in [0.25, 0.3) is 0 Å². The highest BCUT2D eigenvalue weighted by atomic mass is 35.5. The molecule has 1 saturated carbocycles. The highest BCUT2D eigenvalue weighted by Crippen LogP contribution is 2.21. The van der Waals surface area contributed by atoms with Crippen LogP contribution in [0.15, 0.2) is 18.2 Å². The zero-order valence-corrected chi connectivity index (χ0v) is 9.59. The summed E-state index contributed by atoms with van der Waals surface area (Å²) in [6.07, 6.45) is 6.88. The molecular formula is C13H16ClO. The second-order valence-electron chi connectivity index (χ2n) is 4.12. The van der Waals surface area contributed by atoms with Crippen LogP contribution in [0.25, 0.3) is 0 Å². The van der Waals surface area contributed by atoms with Crippen LogP contribution < -0.4 is 0 Å². The Morgan fingerprint density at radius 3 is 2.87 bits per heavy atom. The fourth-order valence-electron chi connectivity index (χ4n) is 2.02. The van der Waals surface area contributed by atoms with Gasteiger partial charge in [0.05, 0.1) is 12.7 Å². The van der Waals surface area contributed by atoms with Gasteiger partial charge in [-0.3, -0.25) is 0 Å². The van der Waals surface area contributed by atoms with Crippen molar-refractivity contribution in [3.05, 3.63) is 34.9 Å². The van der Waals surface area contributed by atoms with Gasteiger partial charge in [-0.05, 0) is 24.5 Å². The van der Waals surface area contributed by atoms with Crippen molar-refractivity contribution in [1.82, 2.24) is 0 Å². The van der Waals surface area contributed by atoms with Crippen LogP contribution in [0.4, 0.5) is 0 Å². The molecule has 0 saturated heterocycles. The van der Waals surface area contributed by atoms with Gasteiger partial charge in [0.2, 0.25) is 0 Å². The van der Waals surface area contributed by atoms with E-state index in [1.54, 1.807) is 0 Å². The largest absolute Gasteiger partial charge is 0.374 e. The third kappa shape index (κ3) is 3.51. The number of ether oxygens (including phenoxy) is 1. The summed E-state index contributed by atoms with van der Waals surface area (Å²) < 4.78 is 5.85. The quantitative estimate of drug-likeness (QED) is 0.753. The molecule has 81 valence electrons. The van der Waals surface area contributed by atoms with Crippen molar-refractivity contribution in [2.45, 2.75) is 44.8 Å². The standard InChI is InChI=1S/C13H16ClO/c14-12-6-4-5-11(9-12)10-15-13-7-2-1-3-8-13/h4-5,9,13H,1-3,7-8,10H2. The third-order valence-electron chi connectivity index (χ3n) is 2.87. The van der Waals surface area contributed by atoms with E-state index in [0.29, 0.717) is 17.7 Å². The van der Waals surface area contributed by atoms with E-state index in [9.17, 15) is 0 Å². The van der Waals surface area contributed by atoms with E-state index in [0.717, 1.165) is 5.56 Å². The van der Waals surface area contributed by atoms with Gasteiger partial charge in [-0.1, -0.05) is 43.0 Å². The molecule has 1 radical (unpaired) electrons. The summed E-state index contributed by atoms with van der Waals surface area (Å²) in [6.45, 7) is 0.680. The van der Waals surface area contributed by atoms with E-state index in [1.165, 1.54) is 32.1 Å². The second-order valence-corrected chi connectivity index (χ2v) is 4.52. The summed E-state index contributed by atoms with van der Waals surface area (Å²) in [6, 6.07) is 8.70. The van der Waals surface area contributed by atoms with Crippen LogP contribution in [0.2, 0.25) is 5.02 Å². The van der Waals surface area contributed by atoms with E-state index in [4.69, 9.17) is 16.3 Å². The molecule has 0 N–H and O–H groups in total. The molecule has 0 bridgehead atoms. The van der Waals surface area contributed by atoms with E-state index >= 15 is 0 Å². The van der Waals surface area contributed by atoms with Crippen molar-refractivity contribution >= 4 is 11.6 Å².